The van der Waals surface area contributed by atoms with Gasteiger partial charge in [0.25, 0.3) is 5.56 Å². The predicted octanol–water partition coefficient (Wildman–Crippen LogP) is 3.41. The average molecular weight is 298 g/mol. The number of aryl methyl sites for hydroxylation is 2. The van der Waals surface area contributed by atoms with Crippen LogP contribution in [-0.4, -0.2) is 11.1 Å². The van der Waals surface area contributed by atoms with E-state index in [9.17, 15) is 4.79 Å². The maximum absolute atomic E-state index is 12.5. The molecule has 1 heterocycles. The summed E-state index contributed by atoms with van der Waals surface area (Å²) in [5, 5.41) is 3.33. The normalized spacial score (nSPS) is 11.2. The standard InChI is InChI=1S/C19H26N2O/c1-13(2)11-20-12-16-7-9-18(21(5)19(16)22)17-8-6-14(3)10-15(17)4/h6-10,13,20H,11-12H2,1-5H3. The highest BCUT2D eigenvalue weighted by atomic mass is 16.1. The third-order valence-corrected chi connectivity index (χ3v) is 3.91. The lowest BCUT2D eigenvalue weighted by Gasteiger charge is -2.14. The minimum absolute atomic E-state index is 0.0775. The Hall–Kier alpha value is -1.87. The molecule has 3 nitrogen and oxygen atoms in total. The third-order valence-electron chi connectivity index (χ3n) is 3.91. The molecule has 0 radical (unpaired) electrons. The van der Waals surface area contributed by atoms with Gasteiger partial charge in [0.1, 0.15) is 0 Å². The van der Waals surface area contributed by atoms with Crippen molar-refractivity contribution in [1.82, 2.24) is 9.88 Å². The molecule has 0 fully saturated rings. The smallest absolute Gasteiger partial charge is 0.255 e. The molecule has 0 aliphatic rings. The Kier molecular flexibility index (Phi) is 5.19. The lowest BCUT2D eigenvalue weighted by molar-refractivity contribution is 0.549. The van der Waals surface area contributed by atoms with Gasteiger partial charge in [-0.05, 0) is 37.9 Å². The van der Waals surface area contributed by atoms with Crippen molar-refractivity contribution in [3.05, 3.63) is 57.4 Å². The number of rotatable bonds is 5. The zero-order chi connectivity index (χ0) is 16.3. The fourth-order valence-corrected chi connectivity index (χ4v) is 2.69. The van der Waals surface area contributed by atoms with Gasteiger partial charge >= 0.3 is 0 Å². The Morgan fingerprint density at radius 2 is 1.86 bits per heavy atom. The Morgan fingerprint density at radius 1 is 1.14 bits per heavy atom. The van der Waals surface area contributed by atoms with Crippen molar-refractivity contribution in [2.45, 2.75) is 34.2 Å². The molecule has 1 aromatic heterocycles. The highest BCUT2D eigenvalue weighted by Crippen LogP contribution is 2.23. The number of hydrogen-bond donors (Lipinski definition) is 1. The number of aromatic nitrogens is 1. The molecule has 118 valence electrons. The molecule has 0 unspecified atom stereocenters. The number of pyridine rings is 1. The minimum Gasteiger partial charge on any atom is -0.312 e. The fourth-order valence-electron chi connectivity index (χ4n) is 2.69. The monoisotopic (exact) mass is 298 g/mol. The van der Waals surface area contributed by atoms with Gasteiger partial charge in [0, 0.05) is 24.7 Å². The first-order valence-corrected chi connectivity index (χ1v) is 7.87. The van der Waals surface area contributed by atoms with Gasteiger partial charge in [0.15, 0.2) is 0 Å². The molecule has 3 heteroatoms. The molecule has 0 amide bonds. The molecular formula is C19H26N2O. The topological polar surface area (TPSA) is 34.0 Å². The van der Waals surface area contributed by atoms with Crippen LogP contribution in [0.3, 0.4) is 0 Å². The number of hydrogen-bond acceptors (Lipinski definition) is 2. The Balaban J connectivity index is 2.32. The summed E-state index contributed by atoms with van der Waals surface area (Å²) in [6, 6.07) is 10.3. The maximum Gasteiger partial charge on any atom is 0.255 e. The SMILES string of the molecule is Cc1ccc(-c2ccc(CNCC(C)C)c(=O)n2C)c(C)c1. The van der Waals surface area contributed by atoms with Gasteiger partial charge in [-0.15, -0.1) is 0 Å². The van der Waals surface area contributed by atoms with E-state index in [4.69, 9.17) is 0 Å². The molecule has 0 bridgehead atoms. The van der Waals surface area contributed by atoms with Crippen molar-refractivity contribution in [2.24, 2.45) is 13.0 Å². The molecule has 22 heavy (non-hydrogen) atoms. The molecule has 1 N–H and O–H groups in total. The van der Waals surface area contributed by atoms with Crippen LogP contribution in [0.25, 0.3) is 11.3 Å². The summed E-state index contributed by atoms with van der Waals surface area (Å²) in [6.07, 6.45) is 0. The van der Waals surface area contributed by atoms with Gasteiger partial charge in [-0.2, -0.15) is 0 Å². The van der Waals surface area contributed by atoms with Gasteiger partial charge in [0.05, 0.1) is 5.69 Å². The summed E-state index contributed by atoms with van der Waals surface area (Å²) in [6.45, 7) is 10.0. The lowest BCUT2D eigenvalue weighted by atomic mass is 10.0. The summed E-state index contributed by atoms with van der Waals surface area (Å²) in [7, 11) is 1.85. The summed E-state index contributed by atoms with van der Waals surface area (Å²) in [5.41, 5.74) is 5.41. The van der Waals surface area contributed by atoms with Gasteiger partial charge in [-0.3, -0.25) is 4.79 Å². The first-order chi connectivity index (χ1) is 10.4. The summed E-state index contributed by atoms with van der Waals surface area (Å²) in [5.74, 6) is 0.582. The van der Waals surface area contributed by atoms with Crippen LogP contribution in [0.2, 0.25) is 0 Å². The molecule has 2 rings (SSSR count). The van der Waals surface area contributed by atoms with E-state index in [0.717, 1.165) is 23.4 Å². The number of nitrogens with one attached hydrogen (secondary N) is 1. The molecule has 0 saturated heterocycles. The Bertz CT molecular complexity index is 714. The highest BCUT2D eigenvalue weighted by molar-refractivity contribution is 5.64. The van der Waals surface area contributed by atoms with E-state index in [1.54, 1.807) is 4.57 Å². The predicted molar refractivity (Wildman–Crippen MR) is 93.1 cm³/mol. The highest BCUT2D eigenvalue weighted by Gasteiger charge is 2.09. The first kappa shape index (κ1) is 16.5. The lowest BCUT2D eigenvalue weighted by Crippen LogP contribution is -2.28. The number of benzene rings is 1. The summed E-state index contributed by atoms with van der Waals surface area (Å²) < 4.78 is 1.75. The molecule has 0 atom stereocenters. The molecule has 1 aromatic carbocycles. The largest absolute Gasteiger partial charge is 0.312 e. The van der Waals surface area contributed by atoms with Crippen LogP contribution in [-0.2, 0) is 13.6 Å². The molecule has 0 saturated carbocycles. The summed E-state index contributed by atoms with van der Waals surface area (Å²) >= 11 is 0. The Labute approximate surface area is 133 Å². The zero-order valence-electron chi connectivity index (χ0n) is 14.2. The first-order valence-electron chi connectivity index (χ1n) is 7.87. The average Bonchev–Trinajstić information content (AvgIpc) is 2.44. The quantitative estimate of drug-likeness (QED) is 0.918. The van der Waals surface area contributed by atoms with Gasteiger partial charge in [-0.25, -0.2) is 0 Å². The van der Waals surface area contributed by atoms with E-state index in [2.05, 4.69) is 51.2 Å². The van der Waals surface area contributed by atoms with Crippen LogP contribution in [0.5, 0.6) is 0 Å². The Morgan fingerprint density at radius 3 is 2.50 bits per heavy atom. The van der Waals surface area contributed by atoms with E-state index < -0.39 is 0 Å². The molecular weight excluding hydrogens is 272 g/mol. The van der Waals surface area contributed by atoms with Crippen LogP contribution in [0, 0.1) is 19.8 Å². The van der Waals surface area contributed by atoms with Crippen molar-refractivity contribution in [3.8, 4) is 11.3 Å². The zero-order valence-corrected chi connectivity index (χ0v) is 14.2. The van der Waals surface area contributed by atoms with E-state index in [0.29, 0.717) is 12.5 Å². The van der Waals surface area contributed by atoms with Crippen LogP contribution in [0.15, 0.2) is 35.1 Å². The maximum atomic E-state index is 12.5. The minimum atomic E-state index is 0.0775. The fraction of sp³-hybridized carbons (Fsp3) is 0.421. The van der Waals surface area contributed by atoms with Crippen molar-refractivity contribution >= 4 is 0 Å². The van der Waals surface area contributed by atoms with E-state index >= 15 is 0 Å². The second-order valence-corrected chi connectivity index (χ2v) is 6.45. The van der Waals surface area contributed by atoms with Crippen molar-refractivity contribution in [2.75, 3.05) is 6.54 Å². The number of nitrogens with zero attached hydrogens (tertiary/aromatic N) is 1. The second kappa shape index (κ2) is 6.93. The van der Waals surface area contributed by atoms with Crippen LogP contribution in [0.1, 0.15) is 30.5 Å². The molecule has 0 spiro atoms. The van der Waals surface area contributed by atoms with Gasteiger partial charge in [0.2, 0.25) is 0 Å². The van der Waals surface area contributed by atoms with Crippen molar-refractivity contribution < 1.29 is 0 Å². The van der Waals surface area contributed by atoms with E-state index in [-0.39, 0.29) is 5.56 Å². The van der Waals surface area contributed by atoms with Crippen LogP contribution >= 0.6 is 0 Å². The second-order valence-electron chi connectivity index (χ2n) is 6.45. The third kappa shape index (κ3) is 3.66. The van der Waals surface area contributed by atoms with E-state index in [1.807, 2.05) is 19.2 Å². The summed E-state index contributed by atoms with van der Waals surface area (Å²) in [4.78, 5) is 12.5. The molecule has 0 aliphatic heterocycles. The van der Waals surface area contributed by atoms with Gasteiger partial charge in [-0.1, -0.05) is 43.7 Å². The van der Waals surface area contributed by atoms with Crippen LogP contribution in [0.4, 0.5) is 0 Å². The van der Waals surface area contributed by atoms with Gasteiger partial charge < -0.3 is 9.88 Å². The molecule has 0 aliphatic carbocycles. The molecule has 2 aromatic rings. The van der Waals surface area contributed by atoms with E-state index in [1.165, 1.54) is 11.1 Å². The van der Waals surface area contributed by atoms with Crippen LogP contribution < -0.4 is 10.9 Å². The van der Waals surface area contributed by atoms with Crippen molar-refractivity contribution in [3.63, 3.8) is 0 Å². The van der Waals surface area contributed by atoms with Crippen molar-refractivity contribution in [1.29, 1.82) is 0 Å².